The molecule has 1 saturated heterocycles. The molecule has 0 spiro atoms. The van der Waals surface area contributed by atoms with E-state index in [0.717, 1.165) is 28.6 Å². The van der Waals surface area contributed by atoms with Gasteiger partial charge in [-0.2, -0.15) is 0 Å². The van der Waals surface area contributed by atoms with Crippen LogP contribution < -0.4 is 0 Å². The number of amides is 2. The van der Waals surface area contributed by atoms with Crippen molar-refractivity contribution in [2.45, 2.75) is 27.2 Å². The number of benzene rings is 1. The second kappa shape index (κ2) is 7.40. The van der Waals surface area contributed by atoms with Gasteiger partial charge in [-0.05, 0) is 43.5 Å². The van der Waals surface area contributed by atoms with Crippen molar-refractivity contribution in [2.24, 2.45) is 7.05 Å². The second-order valence-corrected chi connectivity index (χ2v) is 6.72. The smallest absolute Gasteiger partial charge is 0.409 e. The van der Waals surface area contributed by atoms with Crippen LogP contribution in [0.15, 0.2) is 18.2 Å². The molecule has 0 radical (unpaired) electrons. The van der Waals surface area contributed by atoms with Crippen LogP contribution in [0.5, 0.6) is 0 Å². The van der Waals surface area contributed by atoms with Crippen LogP contribution in [-0.2, 0) is 18.2 Å². The molecule has 3 rings (SSSR count). The molecule has 0 unspecified atom stereocenters. The fourth-order valence-electron chi connectivity index (χ4n) is 3.66. The Balaban J connectivity index is 1.82. The lowest BCUT2D eigenvalue weighted by Gasteiger charge is -2.34. The van der Waals surface area contributed by atoms with Crippen LogP contribution in [-0.4, -0.2) is 59.2 Å². The average molecular weight is 357 g/mol. The van der Waals surface area contributed by atoms with E-state index in [9.17, 15) is 9.59 Å². The van der Waals surface area contributed by atoms with Crippen LogP contribution in [0.3, 0.4) is 0 Å². The first kappa shape index (κ1) is 18.3. The summed E-state index contributed by atoms with van der Waals surface area (Å²) in [6, 6.07) is 6.39. The average Bonchev–Trinajstić information content (AvgIpc) is 2.91. The molecule has 1 aliphatic rings. The Kier molecular flexibility index (Phi) is 5.20. The number of ether oxygens (including phenoxy) is 1. The van der Waals surface area contributed by atoms with Crippen molar-refractivity contribution >= 4 is 22.9 Å². The minimum atomic E-state index is -0.299. The molecular weight excluding hydrogens is 330 g/mol. The van der Waals surface area contributed by atoms with E-state index >= 15 is 0 Å². The summed E-state index contributed by atoms with van der Waals surface area (Å²) in [7, 11) is 1.95. The zero-order valence-corrected chi connectivity index (χ0v) is 16.0. The molecule has 0 aliphatic carbocycles. The summed E-state index contributed by atoms with van der Waals surface area (Å²) < 4.78 is 7.03. The fraction of sp³-hybridized carbons (Fsp3) is 0.500. The Morgan fingerprint density at radius 3 is 2.35 bits per heavy atom. The molecular formula is C20H27N3O3. The molecule has 1 aromatic heterocycles. The number of aryl methyl sites for hydroxylation is 3. The molecule has 140 valence electrons. The molecule has 2 heterocycles. The van der Waals surface area contributed by atoms with E-state index < -0.39 is 0 Å². The maximum Gasteiger partial charge on any atom is 0.409 e. The number of carbonyl (C=O) groups excluding carboxylic acids is 2. The minimum Gasteiger partial charge on any atom is -0.450 e. The Hall–Kier alpha value is -2.50. The van der Waals surface area contributed by atoms with Crippen LogP contribution in [0.25, 0.3) is 10.9 Å². The molecule has 1 fully saturated rings. The van der Waals surface area contributed by atoms with E-state index in [-0.39, 0.29) is 12.0 Å². The number of hydrogen-bond acceptors (Lipinski definition) is 3. The van der Waals surface area contributed by atoms with Gasteiger partial charge in [0.15, 0.2) is 0 Å². The SMILES string of the molecule is CCOC(=O)N1CCN(C(=O)c2c(C)c3cc(CC)ccc3n2C)CC1. The van der Waals surface area contributed by atoms with E-state index in [1.54, 1.807) is 11.8 Å². The maximum absolute atomic E-state index is 13.1. The summed E-state index contributed by atoms with van der Waals surface area (Å²) in [5.74, 6) is 0.0303. The first-order chi connectivity index (χ1) is 12.5. The molecule has 1 aromatic carbocycles. The van der Waals surface area contributed by atoms with Crippen LogP contribution in [0.4, 0.5) is 4.79 Å². The van der Waals surface area contributed by atoms with Crippen LogP contribution in [0.2, 0.25) is 0 Å². The normalized spacial score (nSPS) is 14.8. The van der Waals surface area contributed by atoms with Gasteiger partial charge < -0.3 is 19.1 Å². The van der Waals surface area contributed by atoms with E-state index in [1.807, 2.05) is 23.4 Å². The van der Waals surface area contributed by atoms with Crippen molar-refractivity contribution in [2.75, 3.05) is 32.8 Å². The standard InChI is InChI=1S/C20H27N3O3/c1-5-15-7-8-17-16(13-15)14(3)18(21(17)4)19(24)22-9-11-23(12-10-22)20(25)26-6-2/h7-8,13H,5-6,9-12H2,1-4H3. The van der Waals surface area contributed by atoms with Crippen LogP contribution >= 0.6 is 0 Å². The molecule has 1 aliphatic heterocycles. The summed E-state index contributed by atoms with van der Waals surface area (Å²) in [6.45, 7) is 8.38. The molecule has 26 heavy (non-hydrogen) atoms. The van der Waals surface area contributed by atoms with Gasteiger partial charge in [-0.25, -0.2) is 4.79 Å². The Morgan fingerprint density at radius 1 is 1.08 bits per heavy atom. The molecule has 6 heteroatoms. The number of nitrogens with zero attached hydrogens (tertiary/aromatic N) is 3. The lowest BCUT2D eigenvalue weighted by atomic mass is 10.1. The topological polar surface area (TPSA) is 54.8 Å². The first-order valence-corrected chi connectivity index (χ1v) is 9.26. The fourth-order valence-corrected chi connectivity index (χ4v) is 3.66. The predicted molar refractivity (Wildman–Crippen MR) is 102 cm³/mol. The molecule has 0 N–H and O–H groups in total. The van der Waals surface area contributed by atoms with Gasteiger partial charge in [-0.3, -0.25) is 4.79 Å². The van der Waals surface area contributed by atoms with Crippen molar-refractivity contribution in [3.63, 3.8) is 0 Å². The monoisotopic (exact) mass is 357 g/mol. The first-order valence-electron chi connectivity index (χ1n) is 9.26. The third-order valence-electron chi connectivity index (χ3n) is 5.22. The van der Waals surface area contributed by atoms with Gasteiger partial charge in [0, 0.05) is 44.1 Å². The largest absolute Gasteiger partial charge is 0.450 e. The van der Waals surface area contributed by atoms with E-state index in [1.165, 1.54) is 5.56 Å². The minimum absolute atomic E-state index is 0.0303. The second-order valence-electron chi connectivity index (χ2n) is 6.72. The third-order valence-corrected chi connectivity index (χ3v) is 5.22. The summed E-state index contributed by atoms with van der Waals surface area (Å²) >= 11 is 0. The lowest BCUT2D eigenvalue weighted by molar-refractivity contribution is 0.0563. The number of piperazine rings is 1. The quantitative estimate of drug-likeness (QED) is 0.849. The number of rotatable bonds is 3. The number of hydrogen-bond donors (Lipinski definition) is 0. The van der Waals surface area contributed by atoms with Crippen molar-refractivity contribution < 1.29 is 14.3 Å². The Morgan fingerprint density at radius 2 is 1.73 bits per heavy atom. The van der Waals surface area contributed by atoms with Crippen molar-refractivity contribution in [1.82, 2.24) is 14.4 Å². The maximum atomic E-state index is 13.1. The van der Waals surface area contributed by atoms with Crippen molar-refractivity contribution in [3.05, 3.63) is 35.0 Å². The van der Waals surface area contributed by atoms with Gasteiger partial charge in [-0.1, -0.05) is 13.0 Å². The highest BCUT2D eigenvalue weighted by Crippen LogP contribution is 2.27. The van der Waals surface area contributed by atoms with Crippen molar-refractivity contribution in [3.8, 4) is 0 Å². The molecule has 2 aromatic rings. The molecule has 0 atom stereocenters. The Labute approximate surface area is 154 Å². The van der Waals surface area contributed by atoms with E-state index in [4.69, 9.17) is 4.74 Å². The van der Waals surface area contributed by atoms with E-state index in [2.05, 4.69) is 25.1 Å². The lowest BCUT2D eigenvalue weighted by Crippen LogP contribution is -2.51. The van der Waals surface area contributed by atoms with Gasteiger partial charge in [0.2, 0.25) is 0 Å². The molecule has 2 amide bonds. The number of aromatic nitrogens is 1. The predicted octanol–water partition coefficient (Wildman–Crippen LogP) is 2.96. The number of fused-ring (bicyclic) bond motifs is 1. The molecule has 0 saturated carbocycles. The van der Waals surface area contributed by atoms with E-state index in [0.29, 0.717) is 32.8 Å². The van der Waals surface area contributed by atoms with Crippen LogP contribution in [0.1, 0.15) is 35.5 Å². The van der Waals surface area contributed by atoms with Gasteiger partial charge >= 0.3 is 6.09 Å². The van der Waals surface area contributed by atoms with Gasteiger partial charge in [-0.15, -0.1) is 0 Å². The molecule has 6 nitrogen and oxygen atoms in total. The Bertz CT molecular complexity index is 832. The molecule has 0 bridgehead atoms. The summed E-state index contributed by atoms with van der Waals surface area (Å²) in [4.78, 5) is 28.5. The zero-order chi connectivity index (χ0) is 18.8. The summed E-state index contributed by atoms with van der Waals surface area (Å²) in [6.07, 6.45) is 0.677. The summed E-state index contributed by atoms with van der Waals surface area (Å²) in [5.41, 5.74) is 4.11. The van der Waals surface area contributed by atoms with Gasteiger partial charge in [0.1, 0.15) is 5.69 Å². The van der Waals surface area contributed by atoms with Crippen molar-refractivity contribution in [1.29, 1.82) is 0 Å². The van der Waals surface area contributed by atoms with Crippen LogP contribution in [0, 0.1) is 6.92 Å². The number of carbonyl (C=O) groups is 2. The highest BCUT2D eigenvalue weighted by molar-refractivity contribution is 6.01. The van der Waals surface area contributed by atoms with Gasteiger partial charge in [0.05, 0.1) is 6.61 Å². The third kappa shape index (κ3) is 3.16. The highest BCUT2D eigenvalue weighted by Gasteiger charge is 2.28. The van der Waals surface area contributed by atoms with Gasteiger partial charge in [0.25, 0.3) is 5.91 Å². The zero-order valence-electron chi connectivity index (χ0n) is 16.0. The summed E-state index contributed by atoms with van der Waals surface area (Å²) in [5, 5.41) is 1.14. The highest BCUT2D eigenvalue weighted by atomic mass is 16.6.